The molecule has 2 aromatic rings. The van der Waals surface area contributed by atoms with Crippen molar-refractivity contribution in [3.05, 3.63) is 58.1 Å². The van der Waals surface area contributed by atoms with Gasteiger partial charge in [0.15, 0.2) is 18.1 Å². The van der Waals surface area contributed by atoms with E-state index in [4.69, 9.17) is 26.8 Å². The third-order valence-electron chi connectivity index (χ3n) is 5.88. The van der Waals surface area contributed by atoms with E-state index >= 15 is 0 Å². The highest BCUT2D eigenvalue weighted by molar-refractivity contribution is 6.32. The van der Waals surface area contributed by atoms with Gasteiger partial charge < -0.3 is 20.5 Å². The van der Waals surface area contributed by atoms with E-state index in [2.05, 4.69) is 36.5 Å². The summed E-state index contributed by atoms with van der Waals surface area (Å²) in [6.07, 6.45) is 5.60. The van der Waals surface area contributed by atoms with Crippen LogP contribution in [0.3, 0.4) is 0 Å². The smallest absolute Gasteiger partial charge is 0.255 e. The van der Waals surface area contributed by atoms with E-state index in [-0.39, 0.29) is 34.5 Å². The van der Waals surface area contributed by atoms with Gasteiger partial charge >= 0.3 is 0 Å². The van der Waals surface area contributed by atoms with Gasteiger partial charge in [0, 0.05) is 17.5 Å². The summed E-state index contributed by atoms with van der Waals surface area (Å²) < 4.78 is 10.6. The number of rotatable bonds is 8. The molecular formula is C24H29ClN2O4. The van der Waals surface area contributed by atoms with Crippen LogP contribution in [0.25, 0.3) is 0 Å². The van der Waals surface area contributed by atoms with Crippen LogP contribution in [0.2, 0.25) is 5.02 Å². The number of benzene rings is 2. The molecule has 0 aromatic heterocycles. The topological polar surface area (TPSA) is 90.7 Å². The van der Waals surface area contributed by atoms with Crippen LogP contribution in [0.4, 0.5) is 0 Å². The lowest BCUT2D eigenvalue weighted by molar-refractivity contribution is -0.119. The predicted octanol–water partition coefficient (Wildman–Crippen LogP) is 4.15. The minimum Gasteiger partial charge on any atom is -0.493 e. The molecule has 0 atom stereocenters. The lowest BCUT2D eigenvalue weighted by Gasteiger charge is -2.38. The maximum absolute atomic E-state index is 13.0. The van der Waals surface area contributed by atoms with Gasteiger partial charge in [0.1, 0.15) is 0 Å². The van der Waals surface area contributed by atoms with Gasteiger partial charge in [-0.15, -0.1) is 0 Å². The number of amides is 2. The van der Waals surface area contributed by atoms with Crippen LogP contribution in [0.1, 0.15) is 53.6 Å². The molecule has 0 spiro atoms. The van der Waals surface area contributed by atoms with Crippen LogP contribution < -0.4 is 20.5 Å². The molecule has 166 valence electrons. The van der Waals surface area contributed by atoms with Crippen LogP contribution in [-0.2, 0) is 10.2 Å². The number of nitrogens with two attached hydrogens (primary N) is 1. The Bertz CT molecular complexity index is 955. The minimum atomic E-state index is -0.631. The fourth-order valence-corrected chi connectivity index (χ4v) is 4.52. The van der Waals surface area contributed by atoms with Crippen molar-refractivity contribution in [3.8, 4) is 11.5 Å². The summed E-state index contributed by atoms with van der Waals surface area (Å²) in [6, 6.07) is 11.6. The number of carbonyl (C=O) groups excluding carboxylic acids is 2. The summed E-state index contributed by atoms with van der Waals surface area (Å²) in [6.45, 7) is 2.31. The fourth-order valence-electron chi connectivity index (χ4n) is 4.26. The summed E-state index contributed by atoms with van der Waals surface area (Å²) in [5.41, 5.74) is 7.92. The second kappa shape index (κ2) is 10.1. The zero-order valence-electron chi connectivity index (χ0n) is 18.0. The Balaban J connectivity index is 1.79. The molecule has 0 aliphatic heterocycles. The molecule has 0 unspecified atom stereocenters. The van der Waals surface area contributed by atoms with Gasteiger partial charge in [-0.25, -0.2) is 0 Å². The molecule has 3 N–H and O–H groups in total. The highest BCUT2D eigenvalue weighted by atomic mass is 35.5. The number of methoxy groups -OCH3 is 1. The molecule has 1 aliphatic rings. The lowest BCUT2D eigenvalue weighted by Crippen LogP contribution is -2.42. The van der Waals surface area contributed by atoms with Crippen molar-refractivity contribution in [1.29, 1.82) is 0 Å². The summed E-state index contributed by atoms with van der Waals surface area (Å²) in [5, 5.41) is 3.29. The van der Waals surface area contributed by atoms with E-state index in [0.29, 0.717) is 12.1 Å². The summed E-state index contributed by atoms with van der Waals surface area (Å²) in [4.78, 5) is 24.0. The first-order chi connectivity index (χ1) is 14.8. The number of hydrogen-bond acceptors (Lipinski definition) is 4. The van der Waals surface area contributed by atoms with Crippen molar-refractivity contribution in [2.45, 2.75) is 44.4 Å². The van der Waals surface area contributed by atoms with Crippen molar-refractivity contribution in [2.75, 3.05) is 20.3 Å². The average molecular weight is 445 g/mol. The van der Waals surface area contributed by atoms with Gasteiger partial charge in [-0.3, -0.25) is 9.59 Å². The number of halogens is 1. The molecule has 0 bridgehead atoms. The summed E-state index contributed by atoms with van der Waals surface area (Å²) >= 11 is 6.29. The van der Waals surface area contributed by atoms with Gasteiger partial charge in [0.05, 0.1) is 12.1 Å². The quantitative estimate of drug-likeness (QED) is 0.639. The normalized spacial score (nSPS) is 15.2. The van der Waals surface area contributed by atoms with E-state index in [9.17, 15) is 9.59 Å². The molecule has 3 rings (SSSR count). The Kier molecular flexibility index (Phi) is 7.44. The van der Waals surface area contributed by atoms with Gasteiger partial charge in [-0.2, -0.15) is 0 Å². The van der Waals surface area contributed by atoms with E-state index in [1.54, 1.807) is 6.07 Å². The second-order valence-electron chi connectivity index (χ2n) is 8.14. The largest absolute Gasteiger partial charge is 0.493 e. The first-order valence-electron chi connectivity index (χ1n) is 10.5. The number of carbonyl (C=O) groups is 2. The van der Waals surface area contributed by atoms with Crippen molar-refractivity contribution in [1.82, 2.24) is 5.32 Å². The number of aryl methyl sites for hydroxylation is 1. The van der Waals surface area contributed by atoms with Gasteiger partial charge in [0.2, 0.25) is 0 Å². The molecule has 6 nitrogen and oxygen atoms in total. The summed E-state index contributed by atoms with van der Waals surface area (Å²) in [5.74, 6) is -0.416. The van der Waals surface area contributed by atoms with Gasteiger partial charge in [-0.1, -0.05) is 60.7 Å². The van der Waals surface area contributed by atoms with Crippen molar-refractivity contribution < 1.29 is 19.1 Å². The van der Waals surface area contributed by atoms with E-state index in [1.807, 2.05) is 0 Å². The SMILES string of the molecule is COc1cc(C(=O)NCC2(c3cccc(C)c3)CCCCC2)cc(Cl)c1OCC(N)=O. The van der Waals surface area contributed by atoms with Crippen LogP contribution in [0, 0.1) is 6.92 Å². The Hall–Kier alpha value is -2.73. The third-order valence-corrected chi connectivity index (χ3v) is 6.16. The Morgan fingerprint density at radius 3 is 2.55 bits per heavy atom. The first-order valence-corrected chi connectivity index (χ1v) is 10.9. The Morgan fingerprint density at radius 1 is 1.16 bits per heavy atom. The molecule has 1 saturated carbocycles. The van der Waals surface area contributed by atoms with E-state index in [0.717, 1.165) is 25.7 Å². The van der Waals surface area contributed by atoms with Gasteiger partial charge in [0.25, 0.3) is 11.8 Å². The molecule has 7 heteroatoms. The highest BCUT2D eigenvalue weighted by Gasteiger charge is 2.34. The number of primary amides is 1. The lowest BCUT2D eigenvalue weighted by atomic mass is 9.69. The fraction of sp³-hybridized carbons (Fsp3) is 0.417. The average Bonchev–Trinajstić information content (AvgIpc) is 2.76. The molecular weight excluding hydrogens is 416 g/mol. The maximum atomic E-state index is 13.0. The van der Waals surface area contributed by atoms with Crippen LogP contribution in [-0.4, -0.2) is 32.1 Å². The molecule has 2 amide bonds. The predicted molar refractivity (Wildman–Crippen MR) is 121 cm³/mol. The molecule has 0 radical (unpaired) electrons. The zero-order chi connectivity index (χ0) is 22.4. The Labute approximate surface area is 188 Å². The second-order valence-corrected chi connectivity index (χ2v) is 8.54. The minimum absolute atomic E-state index is 0.0711. The maximum Gasteiger partial charge on any atom is 0.255 e. The molecule has 1 aliphatic carbocycles. The van der Waals surface area contributed by atoms with E-state index < -0.39 is 5.91 Å². The number of hydrogen-bond donors (Lipinski definition) is 2. The molecule has 0 heterocycles. The number of ether oxygens (including phenoxy) is 2. The molecule has 0 saturated heterocycles. The Morgan fingerprint density at radius 2 is 1.90 bits per heavy atom. The molecule has 1 fully saturated rings. The van der Waals surface area contributed by atoms with Gasteiger partial charge in [-0.05, 0) is 37.5 Å². The van der Waals surface area contributed by atoms with Crippen molar-refractivity contribution >= 4 is 23.4 Å². The van der Waals surface area contributed by atoms with Crippen molar-refractivity contribution in [3.63, 3.8) is 0 Å². The van der Waals surface area contributed by atoms with Crippen LogP contribution >= 0.6 is 11.6 Å². The summed E-state index contributed by atoms with van der Waals surface area (Å²) in [7, 11) is 1.44. The van der Waals surface area contributed by atoms with Crippen LogP contribution in [0.5, 0.6) is 11.5 Å². The monoisotopic (exact) mass is 444 g/mol. The zero-order valence-corrected chi connectivity index (χ0v) is 18.8. The highest BCUT2D eigenvalue weighted by Crippen LogP contribution is 2.40. The standard InChI is InChI=1S/C24H29ClN2O4/c1-16-7-6-8-18(11-16)24(9-4-3-5-10-24)15-27-23(29)17-12-19(25)22(20(13-17)30-2)31-14-21(26)28/h6-8,11-13H,3-5,9-10,14-15H2,1-2H3,(H2,26,28)(H,27,29). The van der Waals surface area contributed by atoms with Crippen LogP contribution in [0.15, 0.2) is 36.4 Å². The third kappa shape index (κ3) is 5.50. The molecule has 2 aromatic carbocycles. The van der Waals surface area contributed by atoms with E-state index in [1.165, 1.54) is 30.7 Å². The first kappa shape index (κ1) is 22.9. The molecule has 31 heavy (non-hydrogen) atoms. The number of nitrogens with one attached hydrogen (secondary N) is 1. The van der Waals surface area contributed by atoms with Crippen molar-refractivity contribution in [2.24, 2.45) is 5.73 Å².